The Balaban J connectivity index is 1.32. The smallest absolute Gasteiger partial charge is 0.235 e. The van der Waals surface area contributed by atoms with Gasteiger partial charge >= 0.3 is 0 Å². The van der Waals surface area contributed by atoms with Crippen LogP contribution >= 0.6 is 0 Å². The van der Waals surface area contributed by atoms with Crippen molar-refractivity contribution in [2.75, 3.05) is 0 Å². The molecule has 0 N–H and O–H groups in total. The molecule has 0 aliphatic rings. The minimum absolute atomic E-state index is 0.613. The summed E-state index contributed by atoms with van der Waals surface area (Å²) in [6, 6.07) is 47.7. The van der Waals surface area contributed by atoms with Crippen LogP contribution in [0.5, 0.6) is 0 Å². The van der Waals surface area contributed by atoms with Gasteiger partial charge < -0.3 is 8.83 Å². The molecule has 0 amide bonds. The monoisotopic (exact) mass is 577 g/mol. The van der Waals surface area contributed by atoms with Crippen molar-refractivity contribution in [1.29, 1.82) is 0 Å². The quantitative estimate of drug-likeness (QED) is 0.210. The lowest BCUT2D eigenvalue weighted by atomic mass is 10.1. The number of fused-ring (bicyclic) bond motifs is 10. The molecule has 0 atom stereocenters. The van der Waals surface area contributed by atoms with E-state index in [0.717, 1.165) is 88.2 Å². The second kappa shape index (κ2) is 9.15. The summed E-state index contributed by atoms with van der Waals surface area (Å²) in [5.74, 6) is 0.613. The first-order valence-corrected chi connectivity index (χ1v) is 15.0. The third-order valence-electron chi connectivity index (χ3n) is 8.83. The fourth-order valence-corrected chi connectivity index (χ4v) is 6.77. The highest BCUT2D eigenvalue weighted by Crippen LogP contribution is 2.42. The van der Waals surface area contributed by atoms with Crippen LogP contribution in [0.4, 0.5) is 0 Å². The highest BCUT2D eigenvalue weighted by molar-refractivity contribution is 6.24. The van der Waals surface area contributed by atoms with Crippen molar-refractivity contribution in [2.24, 2.45) is 0 Å². The van der Waals surface area contributed by atoms with Gasteiger partial charge in [-0.2, -0.15) is 0 Å². The predicted molar refractivity (Wildman–Crippen MR) is 182 cm³/mol. The van der Waals surface area contributed by atoms with Crippen LogP contribution in [0.1, 0.15) is 0 Å². The number of furan rings is 2. The standard InChI is InChI=1S/C40H23N3O2/c1-3-11-24(12-4-1)31-23-32(25-13-5-2-6-14-25)42-40(41-31)43-33-17-9-7-15-26(33)29-22-37-30(21-34(29)43)38-36(44-37)20-19-28-27-16-8-10-18-35(27)45-39(28)38/h1-23H. The Morgan fingerprint density at radius 3 is 1.84 bits per heavy atom. The minimum atomic E-state index is 0.613. The van der Waals surface area contributed by atoms with E-state index in [1.54, 1.807) is 0 Å². The molecule has 6 aromatic carbocycles. The Morgan fingerprint density at radius 2 is 1.09 bits per heavy atom. The highest BCUT2D eigenvalue weighted by atomic mass is 16.3. The molecule has 10 rings (SSSR count). The number of nitrogens with zero attached hydrogens (tertiary/aromatic N) is 3. The predicted octanol–water partition coefficient (Wildman–Crippen LogP) is 10.7. The summed E-state index contributed by atoms with van der Waals surface area (Å²) < 4.78 is 15.1. The Labute approximate surface area is 256 Å². The zero-order valence-electron chi connectivity index (χ0n) is 23.9. The van der Waals surface area contributed by atoms with E-state index in [9.17, 15) is 0 Å². The minimum Gasteiger partial charge on any atom is -0.456 e. The molecule has 0 saturated heterocycles. The largest absolute Gasteiger partial charge is 0.456 e. The lowest BCUT2D eigenvalue weighted by molar-refractivity contribution is 0.663. The summed E-state index contributed by atoms with van der Waals surface area (Å²) >= 11 is 0. The average molecular weight is 578 g/mol. The summed E-state index contributed by atoms with van der Waals surface area (Å²) in [4.78, 5) is 10.4. The lowest BCUT2D eigenvalue weighted by Crippen LogP contribution is -2.03. The number of rotatable bonds is 3. The maximum absolute atomic E-state index is 6.48. The molecule has 45 heavy (non-hydrogen) atoms. The molecular formula is C40H23N3O2. The first-order valence-electron chi connectivity index (χ1n) is 15.0. The van der Waals surface area contributed by atoms with Crippen LogP contribution in [0.15, 0.2) is 148 Å². The average Bonchev–Trinajstić information content (AvgIpc) is 3.77. The van der Waals surface area contributed by atoms with Gasteiger partial charge in [0.2, 0.25) is 5.95 Å². The van der Waals surface area contributed by atoms with E-state index in [4.69, 9.17) is 18.8 Å². The molecule has 210 valence electrons. The second-order valence-electron chi connectivity index (χ2n) is 11.4. The fraction of sp³-hybridized carbons (Fsp3) is 0. The second-order valence-corrected chi connectivity index (χ2v) is 11.4. The Morgan fingerprint density at radius 1 is 0.422 bits per heavy atom. The van der Waals surface area contributed by atoms with Gasteiger partial charge in [-0.25, -0.2) is 9.97 Å². The summed E-state index contributed by atoms with van der Waals surface area (Å²) in [6.45, 7) is 0. The number of benzene rings is 6. The van der Waals surface area contributed by atoms with Gasteiger partial charge in [-0.05, 0) is 42.5 Å². The van der Waals surface area contributed by atoms with Crippen LogP contribution in [-0.4, -0.2) is 14.5 Å². The van der Waals surface area contributed by atoms with E-state index in [1.165, 1.54) is 0 Å². The molecule has 5 heteroatoms. The molecule has 0 bridgehead atoms. The number of hydrogen-bond acceptors (Lipinski definition) is 4. The Kier molecular flexibility index (Phi) is 4.93. The molecule has 0 aliphatic carbocycles. The van der Waals surface area contributed by atoms with Crippen molar-refractivity contribution in [3.05, 3.63) is 140 Å². The maximum atomic E-state index is 6.48. The van der Waals surface area contributed by atoms with E-state index in [-0.39, 0.29) is 0 Å². The number of aromatic nitrogens is 3. The third-order valence-corrected chi connectivity index (χ3v) is 8.83. The summed E-state index contributed by atoms with van der Waals surface area (Å²) in [7, 11) is 0. The van der Waals surface area contributed by atoms with Gasteiger partial charge in [0.25, 0.3) is 0 Å². The maximum Gasteiger partial charge on any atom is 0.235 e. The van der Waals surface area contributed by atoms with Crippen LogP contribution in [0.2, 0.25) is 0 Å². The molecule has 5 nitrogen and oxygen atoms in total. The number of para-hydroxylation sites is 2. The van der Waals surface area contributed by atoms with E-state index < -0.39 is 0 Å². The van der Waals surface area contributed by atoms with Gasteiger partial charge in [-0.1, -0.05) is 97.1 Å². The van der Waals surface area contributed by atoms with E-state index in [2.05, 4.69) is 89.5 Å². The zero-order chi connectivity index (χ0) is 29.5. The summed E-state index contributed by atoms with van der Waals surface area (Å²) in [6.07, 6.45) is 0. The van der Waals surface area contributed by atoms with Crippen molar-refractivity contribution in [3.63, 3.8) is 0 Å². The third kappa shape index (κ3) is 3.55. The van der Waals surface area contributed by atoms with E-state index >= 15 is 0 Å². The Hall–Kier alpha value is -6.20. The molecule has 0 fully saturated rings. The van der Waals surface area contributed by atoms with Crippen LogP contribution in [0.25, 0.3) is 94.1 Å². The van der Waals surface area contributed by atoms with Crippen molar-refractivity contribution in [1.82, 2.24) is 14.5 Å². The molecule has 10 aromatic rings. The lowest BCUT2D eigenvalue weighted by Gasteiger charge is -2.11. The molecular weight excluding hydrogens is 554 g/mol. The van der Waals surface area contributed by atoms with Gasteiger partial charge in [0.1, 0.15) is 22.3 Å². The van der Waals surface area contributed by atoms with Crippen LogP contribution in [0, 0.1) is 0 Å². The molecule has 4 heterocycles. The SMILES string of the molecule is c1ccc(-c2cc(-c3ccccc3)nc(-n3c4ccccc4c4cc5oc6ccc7c8ccccc8oc7c6c5cc43)n2)cc1. The first-order chi connectivity index (χ1) is 22.3. The Bertz CT molecular complexity index is 2700. The molecule has 0 radical (unpaired) electrons. The molecule has 0 aliphatic heterocycles. The topological polar surface area (TPSA) is 57.0 Å². The van der Waals surface area contributed by atoms with Crippen LogP contribution < -0.4 is 0 Å². The molecule has 0 spiro atoms. The van der Waals surface area contributed by atoms with Gasteiger partial charge in [-0.3, -0.25) is 4.57 Å². The molecule has 0 saturated carbocycles. The molecule has 0 unspecified atom stereocenters. The fourth-order valence-electron chi connectivity index (χ4n) is 6.77. The van der Waals surface area contributed by atoms with Crippen molar-refractivity contribution in [2.45, 2.75) is 0 Å². The highest BCUT2D eigenvalue weighted by Gasteiger charge is 2.21. The van der Waals surface area contributed by atoms with Crippen molar-refractivity contribution < 1.29 is 8.83 Å². The van der Waals surface area contributed by atoms with Crippen molar-refractivity contribution in [3.8, 4) is 28.5 Å². The van der Waals surface area contributed by atoms with Gasteiger partial charge in [0.15, 0.2) is 0 Å². The van der Waals surface area contributed by atoms with Crippen molar-refractivity contribution >= 4 is 65.7 Å². The van der Waals surface area contributed by atoms with Gasteiger partial charge in [-0.15, -0.1) is 0 Å². The normalized spacial score (nSPS) is 12.0. The zero-order valence-corrected chi connectivity index (χ0v) is 23.9. The van der Waals surface area contributed by atoms with Gasteiger partial charge in [0.05, 0.1) is 27.8 Å². The number of hydrogen-bond donors (Lipinski definition) is 0. The van der Waals surface area contributed by atoms with E-state index in [1.807, 2.05) is 54.6 Å². The molecule has 4 aromatic heterocycles. The van der Waals surface area contributed by atoms with Gasteiger partial charge in [0, 0.05) is 38.1 Å². The summed E-state index contributed by atoms with van der Waals surface area (Å²) in [5, 5.41) is 6.33. The van der Waals surface area contributed by atoms with E-state index in [0.29, 0.717) is 5.95 Å². The first kappa shape index (κ1) is 24.3. The summed E-state index contributed by atoms with van der Waals surface area (Å²) in [5.41, 5.74) is 9.15. The van der Waals surface area contributed by atoms with Crippen LogP contribution in [0.3, 0.4) is 0 Å². The van der Waals surface area contributed by atoms with Crippen LogP contribution in [-0.2, 0) is 0 Å².